The number of hydrogen-bond acceptors (Lipinski definition) is 4. The summed E-state index contributed by atoms with van der Waals surface area (Å²) in [7, 11) is -3.56. The van der Waals surface area contributed by atoms with Crippen LogP contribution in [0.3, 0.4) is 0 Å². The molecular formula is C23H29N3O3S. The van der Waals surface area contributed by atoms with Gasteiger partial charge in [-0.1, -0.05) is 31.2 Å². The van der Waals surface area contributed by atoms with Crippen molar-refractivity contribution in [1.82, 2.24) is 9.21 Å². The zero-order chi connectivity index (χ0) is 21.1. The van der Waals surface area contributed by atoms with Gasteiger partial charge in [-0.25, -0.2) is 8.42 Å². The van der Waals surface area contributed by atoms with Crippen LogP contribution in [0.1, 0.15) is 30.1 Å². The molecule has 0 saturated carbocycles. The van der Waals surface area contributed by atoms with E-state index in [1.54, 1.807) is 28.6 Å². The van der Waals surface area contributed by atoms with E-state index in [2.05, 4.69) is 24.0 Å². The van der Waals surface area contributed by atoms with E-state index in [4.69, 9.17) is 0 Å². The van der Waals surface area contributed by atoms with Gasteiger partial charge in [0.1, 0.15) is 0 Å². The minimum Gasteiger partial charge on any atom is -0.368 e. The van der Waals surface area contributed by atoms with Crippen LogP contribution in [0.2, 0.25) is 0 Å². The van der Waals surface area contributed by atoms with Crippen molar-refractivity contribution in [2.75, 3.05) is 44.2 Å². The van der Waals surface area contributed by atoms with Crippen LogP contribution in [0.5, 0.6) is 0 Å². The molecule has 0 bridgehead atoms. The van der Waals surface area contributed by atoms with Gasteiger partial charge >= 0.3 is 0 Å². The lowest BCUT2D eigenvalue weighted by molar-refractivity contribution is 0.0746. The molecule has 4 rings (SSSR count). The maximum absolute atomic E-state index is 13.0. The Morgan fingerprint density at radius 3 is 2.20 bits per heavy atom. The number of anilines is 1. The number of nitrogens with zero attached hydrogens (tertiary/aromatic N) is 3. The highest BCUT2D eigenvalue weighted by Crippen LogP contribution is 2.24. The molecule has 1 amide bonds. The van der Waals surface area contributed by atoms with Gasteiger partial charge in [-0.2, -0.15) is 4.31 Å². The van der Waals surface area contributed by atoms with Gasteiger partial charge in [0.25, 0.3) is 5.91 Å². The maximum Gasteiger partial charge on any atom is 0.254 e. The van der Waals surface area contributed by atoms with Crippen LogP contribution < -0.4 is 4.90 Å². The first-order valence-corrected chi connectivity index (χ1v) is 12.1. The molecule has 2 aromatic rings. The lowest BCUT2D eigenvalue weighted by Gasteiger charge is -2.36. The van der Waals surface area contributed by atoms with E-state index in [9.17, 15) is 13.2 Å². The second-order valence-electron chi connectivity index (χ2n) is 8.23. The summed E-state index contributed by atoms with van der Waals surface area (Å²) in [5, 5.41) is 0. The van der Waals surface area contributed by atoms with E-state index in [0.717, 1.165) is 31.6 Å². The quantitative estimate of drug-likeness (QED) is 0.752. The SMILES string of the molecule is CC1CCN(S(=O)(=O)c2cccc(C(=O)N3CCN(c4ccccc4)CC3)c2)CC1. The Balaban J connectivity index is 1.44. The molecule has 0 aliphatic carbocycles. The molecule has 160 valence electrons. The average Bonchev–Trinajstić information content (AvgIpc) is 2.80. The van der Waals surface area contributed by atoms with E-state index >= 15 is 0 Å². The van der Waals surface area contributed by atoms with E-state index in [0.29, 0.717) is 37.7 Å². The molecule has 2 aliphatic heterocycles. The molecule has 6 nitrogen and oxygen atoms in total. The second-order valence-corrected chi connectivity index (χ2v) is 10.2. The Hall–Kier alpha value is -2.38. The van der Waals surface area contributed by atoms with Crippen molar-refractivity contribution < 1.29 is 13.2 Å². The van der Waals surface area contributed by atoms with E-state index in [1.165, 1.54) is 0 Å². The topological polar surface area (TPSA) is 60.9 Å². The summed E-state index contributed by atoms with van der Waals surface area (Å²) in [5.41, 5.74) is 1.60. The molecule has 0 N–H and O–H groups in total. The lowest BCUT2D eigenvalue weighted by atomic mass is 10.0. The first-order valence-electron chi connectivity index (χ1n) is 10.6. The molecule has 2 heterocycles. The molecule has 30 heavy (non-hydrogen) atoms. The number of hydrogen-bond donors (Lipinski definition) is 0. The standard InChI is InChI=1S/C23H29N3O3S/c1-19-10-12-26(13-11-19)30(28,29)22-9-5-6-20(18-22)23(27)25-16-14-24(15-17-25)21-7-3-2-4-8-21/h2-9,18-19H,10-17H2,1H3. The predicted octanol–water partition coefficient (Wildman–Crippen LogP) is 3.07. The molecule has 0 atom stereocenters. The summed E-state index contributed by atoms with van der Waals surface area (Å²) in [6, 6.07) is 16.7. The van der Waals surface area contributed by atoms with E-state index in [1.807, 2.05) is 23.1 Å². The minimum absolute atomic E-state index is 0.105. The van der Waals surface area contributed by atoms with Crippen LogP contribution in [0.4, 0.5) is 5.69 Å². The third-order valence-electron chi connectivity index (χ3n) is 6.15. The predicted molar refractivity (Wildman–Crippen MR) is 118 cm³/mol. The summed E-state index contributed by atoms with van der Waals surface area (Å²) in [6.07, 6.45) is 1.76. The molecule has 0 spiro atoms. The number of para-hydroxylation sites is 1. The summed E-state index contributed by atoms with van der Waals surface area (Å²) in [6.45, 7) is 6.01. The molecule has 0 unspecified atom stereocenters. The summed E-state index contributed by atoms with van der Waals surface area (Å²) >= 11 is 0. The molecule has 2 aliphatic rings. The number of piperazine rings is 1. The van der Waals surface area contributed by atoms with Crippen LogP contribution in [0.15, 0.2) is 59.5 Å². The monoisotopic (exact) mass is 427 g/mol. The average molecular weight is 428 g/mol. The van der Waals surface area contributed by atoms with Gasteiger partial charge in [-0.05, 0) is 49.1 Å². The van der Waals surface area contributed by atoms with Gasteiger partial charge in [0, 0.05) is 50.5 Å². The Bertz CT molecular complexity index is 978. The highest BCUT2D eigenvalue weighted by molar-refractivity contribution is 7.89. The summed E-state index contributed by atoms with van der Waals surface area (Å²) in [4.78, 5) is 17.3. The number of carbonyl (C=O) groups excluding carboxylic acids is 1. The lowest BCUT2D eigenvalue weighted by Crippen LogP contribution is -2.48. The second kappa shape index (κ2) is 8.78. The number of carbonyl (C=O) groups is 1. The van der Waals surface area contributed by atoms with Gasteiger partial charge in [0.15, 0.2) is 0 Å². The van der Waals surface area contributed by atoms with Crippen LogP contribution in [-0.4, -0.2) is 62.8 Å². The van der Waals surface area contributed by atoms with Crippen molar-refractivity contribution in [2.24, 2.45) is 5.92 Å². The van der Waals surface area contributed by atoms with Crippen molar-refractivity contribution in [3.05, 3.63) is 60.2 Å². The fraction of sp³-hybridized carbons (Fsp3) is 0.435. The Labute approximate surface area is 179 Å². The van der Waals surface area contributed by atoms with Crippen LogP contribution in [0.25, 0.3) is 0 Å². The molecule has 7 heteroatoms. The largest absolute Gasteiger partial charge is 0.368 e. The molecule has 2 aromatic carbocycles. The highest BCUT2D eigenvalue weighted by Gasteiger charge is 2.29. The molecule has 2 saturated heterocycles. The maximum atomic E-state index is 13.0. The zero-order valence-corrected chi connectivity index (χ0v) is 18.2. The highest BCUT2D eigenvalue weighted by atomic mass is 32.2. The molecule has 2 fully saturated rings. The fourth-order valence-corrected chi connectivity index (χ4v) is 5.67. The van der Waals surface area contributed by atoms with Gasteiger partial charge in [0.05, 0.1) is 4.90 Å². The van der Waals surface area contributed by atoms with Crippen LogP contribution in [-0.2, 0) is 10.0 Å². The Morgan fingerprint density at radius 2 is 1.53 bits per heavy atom. The zero-order valence-electron chi connectivity index (χ0n) is 17.4. The first kappa shape index (κ1) is 20.9. The molecule has 0 radical (unpaired) electrons. The van der Waals surface area contributed by atoms with Crippen molar-refractivity contribution in [1.29, 1.82) is 0 Å². The number of rotatable bonds is 4. The van der Waals surface area contributed by atoms with Gasteiger partial charge in [-0.3, -0.25) is 4.79 Å². The molecule has 0 aromatic heterocycles. The van der Waals surface area contributed by atoms with E-state index < -0.39 is 10.0 Å². The van der Waals surface area contributed by atoms with Gasteiger partial charge < -0.3 is 9.80 Å². The van der Waals surface area contributed by atoms with Crippen molar-refractivity contribution >= 4 is 21.6 Å². The molecular weight excluding hydrogens is 398 g/mol. The smallest absolute Gasteiger partial charge is 0.254 e. The summed E-state index contributed by atoms with van der Waals surface area (Å²) < 4.78 is 27.6. The third kappa shape index (κ3) is 4.37. The van der Waals surface area contributed by atoms with Crippen molar-refractivity contribution in [2.45, 2.75) is 24.7 Å². The number of piperidine rings is 1. The van der Waals surface area contributed by atoms with E-state index in [-0.39, 0.29) is 10.8 Å². The Kier molecular flexibility index (Phi) is 6.11. The first-order chi connectivity index (χ1) is 14.4. The van der Waals surface area contributed by atoms with Crippen molar-refractivity contribution in [3.8, 4) is 0 Å². The van der Waals surface area contributed by atoms with Crippen LogP contribution >= 0.6 is 0 Å². The number of amides is 1. The third-order valence-corrected chi connectivity index (χ3v) is 8.04. The van der Waals surface area contributed by atoms with Crippen LogP contribution in [0, 0.1) is 5.92 Å². The normalized spacial score (nSPS) is 19.1. The number of sulfonamides is 1. The Morgan fingerprint density at radius 1 is 0.867 bits per heavy atom. The fourth-order valence-electron chi connectivity index (χ4n) is 4.15. The minimum atomic E-state index is -3.56. The van der Waals surface area contributed by atoms with Gasteiger partial charge in [0.2, 0.25) is 10.0 Å². The summed E-state index contributed by atoms with van der Waals surface area (Å²) in [5.74, 6) is 0.450. The van der Waals surface area contributed by atoms with Crippen molar-refractivity contribution in [3.63, 3.8) is 0 Å². The van der Waals surface area contributed by atoms with Gasteiger partial charge in [-0.15, -0.1) is 0 Å². The number of benzene rings is 2.